The lowest BCUT2D eigenvalue weighted by Gasteiger charge is -2.53. The number of aliphatic hydroxyl groups is 4. The second kappa shape index (κ2) is 17.6. The Kier molecular flexibility index (Phi) is 13.8. The fourth-order valence-electron chi connectivity index (χ4n) is 12.0. The predicted octanol–water partition coefficient (Wildman–Crippen LogP) is 4.04. The van der Waals surface area contributed by atoms with Gasteiger partial charge in [0.15, 0.2) is 23.7 Å². The minimum Gasteiger partial charge on any atom is -0.481 e. The first-order valence-corrected chi connectivity index (χ1v) is 22.9. The van der Waals surface area contributed by atoms with E-state index in [4.69, 9.17) is 47.4 Å². The summed E-state index contributed by atoms with van der Waals surface area (Å²) in [6.45, 7) is 17.3. The van der Waals surface area contributed by atoms with E-state index in [9.17, 15) is 30.3 Å². The number of ether oxygens (including phenoxy) is 10. The molecule has 352 valence electrons. The third kappa shape index (κ3) is 9.09. The van der Waals surface area contributed by atoms with Crippen molar-refractivity contribution < 1.29 is 77.7 Å². The summed E-state index contributed by atoms with van der Waals surface area (Å²) in [6, 6.07) is 0. The summed E-state index contributed by atoms with van der Waals surface area (Å²) in [6.07, 6.45) is -2.26. The Morgan fingerprint density at radius 1 is 0.820 bits per heavy atom. The SMILES string of the molecule is CO[C@H]1[C@H](O)[C@@H](C)[C@](O)(CC(=O)O)O[C@@H]1[C@@H](C)[C@@H]1O[C@]2(CC[C@](C)([C@@H]3CC[C@](C)([C@H]4O[C@H]([C@@H]5O[C@@](C)(O)[C@@H](C)C[C@H]5C)C[C@H]4O[C@@H]4CC[C@@H](OC)[C@H](C)O4)O3)O2)C[C@@H](O)[C@@H]1C. The average Bonchev–Trinajstić information content (AvgIpc) is 3.89. The molecule has 0 saturated carbocycles. The van der Waals surface area contributed by atoms with Gasteiger partial charge in [-0.1, -0.05) is 34.6 Å². The largest absolute Gasteiger partial charge is 0.481 e. The number of aliphatic carboxylic acids is 1. The summed E-state index contributed by atoms with van der Waals surface area (Å²) in [5, 5.41) is 55.1. The highest BCUT2D eigenvalue weighted by Crippen LogP contribution is 2.54. The number of hydrogen-bond donors (Lipinski definition) is 5. The van der Waals surface area contributed by atoms with Gasteiger partial charge in [0.1, 0.15) is 12.2 Å². The highest BCUT2D eigenvalue weighted by atomic mass is 16.7. The number of methoxy groups -OCH3 is 2. The number of carbonyl (C=O) groups is 1. The van der Waals surface area contributed by atoms with Crippen LogP contribution in [-0.4, -0.2) is 154 Å². The molecule has 5 N–H and O–H groups in total. The van der Waals surface area contributed by atoms with Crippen LogP contribution < -0.4 is 0 Å². The van der Waals surface area contributed by atoms with Crippen LogP contribution in [0.25, 0.3) is 0 Å². The Balaban J connectivity index is 1.08. The average molecular weight is 873 g/mol. The van der Waals surface area contributed by atoms with Gasteiger partial charge in [-0.15, -0.1) is 0 Å². The van der Waals surface area contributed by atoms with Gasteiger partial charge < -0.3 is 72.9 Å². The Morgan fingerprint density at radius 3 is 2.20 bits per heavy atom. The van der Waals surface area contributed by atoms with Crippen molar-refractivity contribution >= 4 is 5.97 Å². The van der Waals surface area contributed by atoms with E-state index in [0.717, 1.165) is 12.8 Å². The zero-order valence-electron chi connectivity index (χ0n) is 38.2. The second-order valence-corrected chi connectivity index (χ2v) is 20.7. The maximum atomic E-state index is 11.8. The lowest BCUT2D eigenvalue weighted by atomic mass is 9.75. The van der Waals surface area contributed by atoms with Crippen LogP contribution in [0.1, 0.15) is 127 Å². The number of rotatable bonds is 11. The molecule has 0 unspecified atom stereocenters. The van der Waals surface area contributed by atoms with Gasteiger partial charge in [0.05, 0.1) is 78.7 Å². The van der Waals surface area contributed by atoms with E-state index >= 15 is 0 Å². The Labute approximate surface area is 361 Å². The third-order valence-corrected chi connectivity index (χ3v) is 16.2. The molecule has 61 heavy (non-hydrogen) atoms. The monoisotopic (exact) mass is 873 g/mol. The van der Waals surface area contributed by atoms with Crippen LogP contribution >= 0.6 is 0 Å². The molecule has 0 radical (unpaired) electrons. The maximum absolute atomic E-state index is 11.8. The van der Waals surface area contributed by atoms with Gasteiger partial charge in [0, 0.05) is 63.6 Å². The van der Waals surface area contributed by atoms with E-state index in [1.54, 1.807) is 14.0 Å². The van der Waals surface area contributed by atoms with E-state index < -0.39 is 102 Å². The number of carboxylic acid groups (broad SMARTS) is 1. The van der Waals surface area contributed by atoms with Crippen molar-refractivity contribution in [3.8, 4) is 0 Å². The van der Waals surface area contributed by atoms with Crippen LogP contribution in [0, 0.1) is 29.6 Å². The van der Waals surface area contributed by atoms with Gasteiger partial charge >= 0.3 is 5.97 Å². The highest BCUT2D eigenvalue weighted by Gasteiger charge is 2.63. The van der Waals surface area contributed by atoms with Gasteiger partial charge in [-0.3, -0.25) is 4.79 Å². The molecule has 1 spiro atoms. The standard InChI is InChI=1S/C45H76O16/c1-22-18-23(2)43(9,50)58-36(22)30-19-31(55-34-13-12-29(52-10)27(6)54-34)40(56-30)42(8)15-14-32(57-42)41(7)16-17-44(61-41)20-28(46)24(3)37(59-44)25(4)38-39(53-11)35(49)26(5)45(51,60-38)21-33(47)48/h22-32,34-40,46,49-51H,12-21H2,1-11H3,(H,47,48)/t22-,23+,24+,25+,26-,27+,28-,29-,30+,31-,32+,34-,35-,36-,37-,38-,39+,40+,41-,42-,43-,44+,45+/m1/s1. The second-order valence-electron chi connectivity index (χ2n) is 20.7. The number of aliphatic hydroxyl groups excluding tert-OH is 2. The molecule has 7 aliphatic rings. The molecule has 0 aromatic carbocycles. The molecule has 0 aromatic rings. The zero-order valence-corrected chi connectivity index (χ0v) is 38.2. The van der Waals surface area contributed by atoms with Crippen molar-refractivity contribution in [2.24, 2.45) is 29.6 Å². The van der Waals surface area contributed by atoms with Crippen molar-refractivity contribution in [2.75, 3.05) is 14.2 Å². The van der Waals surface area contributed by atoms with Gasteiger partial charge in [-0.05, 0) is 65.7 Å². The molecule has 0 aliphatic carbocycles. The molecule has 16 nitrogen and oxygen atoms in total. The summed E-state index contributed by atoms with van der Waals surface area (Å²) in [5.41, 5.74) is -1.57. The van der Waals surface area contributed by atoms with Crippen LogP contribution in [0.15, 0.2) is 0 Å². The van der Waals surface area contributed by atoms with Crippen LogP contribution in [-0.2, 0) is 52.2 Å². The van der Waals surface area contributed by atoms with Crippen LogP contribution in [0.2, 0.25) is 0 Å². The van der Waals surface area contributed by atoms with E-state index in [-0.39, 0.29) is 54.9 Å². The van der Waals surface area contributed by atoms with Gasteiger partial charge in [-0.25, -0.2) is 0 Å². The third-order valence-electron chi connectivity index (χ3n) is 16.2. The zero-order chi connectivity index (χ0) is 44.6. The predicted molar refractivity (Wildman–Crippen MR) is 217 cm³/mol. The molecule has 23 atom stereocenters. The first-order valence-electron chi connectivity index (χ1n) is 22.9. The summed E-state index contributed by atoms with van der Waals surface area (Å²) in [4.78, 5) is 11.8. The van der Waals surface area contributed by atoms with Crippen molar-refractivity contribution in [1.82, 2.24) is 0 Å². The van der Waals surface area contributed by atoms with E-state index in [2.05, 4.69) is 13.8 Å². The lowest BCUT2D eigenvalue weighted by molar-refractivity contribution is -0.363. The molecular weight excluding hydrogens is 796 g/mol. The molecular formula is C45H76O16. The Bertz CT molecular complexity index is 1530. The first-order chi connectivity index (χ1) is 28.5. The topological polar surface area (TPSA) is 211 Å². The maximum Gasteiger partial charge on any atom is 0.308 e. The molecule has 0 amide bonds. The van der Waals surface area contributed by atoms with Crippen molar-refractivity contribution in [2.45, 2.75) is 235 Å². The molecule has 7 fully saturated rings. The number of hydrogen-bond acceptors (Lipinski definition) is 15. The Morgan fingerprint density at radius 2 is 1.54 bits per heavy atom. The fraction of sp³-hybridized carbons (Fsp3) is 0.978. The minimum absolute atomic E-state index is 0.00446. The van der Waals surface area contributed by atoms with Crippen molar-refractivity contribution in [1.29, 1.82) is 0 Å². The smallest absolute Gasteiger partial charge is 0.308 e. The van der Waals surface area contributed by atoms with Crippen molar-refractivity contribution in [3.05, 3.63) is 0 Å². The lowest BCUT2D eigenvalue weighted by Crippen LogP contribution is -2.65. The van der Waals surface area contributed by atoms with Gasteiger partial charge in [0.2, 0.25) is 0 Å². The van der Waals surface area contributed by atoms with Gasteiger partial charge in [-0.2, -0.15) is 0 Å². The first kappa shape index (κ1) is 47.9. The molecule has 7 rings (SSSR count). The van der Waals surface area contributed by atoms with E-state index in [1.807, 2.05) is 34.6 Å². The molecule has 0 aromatic heterocycles. The minimum atomic E-state index is -2.15. The number of carboxylic acids is 1. The molecule has 7 saturated heterocycles. The summed E-state index contributed by atoms with van der Waals surface area (Å²) in [5.74, 6) is -7.65. The summed E-state index contributed by atoms with van der Waals surface area (Å²) >= 11 is 0. The fourth-order valence-corrected chi connectivity index (χ4v) is 12.0. The van der Waals surface area contributed by atoms with Crippen LogP contribution in [0.4, 0.5) is 0 Å². The summed E-state index contributed by atoms with van der Waals surface area (Å²) < 4.78 is 65.1. The molecule has 16 heteroatoms. The molecule has 7 heterocycles. The van der Waals surface area contributed by atoms with E-state index in [1.165, 1.54) is 14.0 Å². The van der Waals surface area contributed by atoms with Crippen molar-refractivity contribution in [3.63, 3.8) is 0 Å². The van der Waals surface area contributed by atoms with Crippen LogP contribution in [0.3, 0.4) is 0 Å². The molecule has 7 aliphatic heterocycles. The summed E-state index contributed by atoms with van der Waals surface area (Å²) in [7, 11) is 3.14. The Hall–Kier alpha value is -1.09. The van der Waals surface area contributed by atoms with E-state index in [0.29, 0.717) is 38.5 Å². The van der Waals surface area contributed by atoms with Gasteiger partial charge in [0.25, 0.3) is 0 Å². The highest BCUT2D eigenvalue weighted by molar-refractivity contribution is 5.68. The molecule has 0 bridgehead atoms. The normalized spacial score (nSPS) is 54.9. The quantitative estimate of drug-likeness (QED) is 0.198. The van der Waals surface area contributed by atoms with Crippen LogP contribution in [0.5, 0.6) is 0 Å².